The maximum atomic E-state index is 5.28. The number of methoxy groups -OCH3 is 1. The summed E-state index contributed by atoms with van der Waals surface area (Å²) in [6.45, 7) is 2.21. The van der Waals surface area contributed by atoms with E-state index in [1.54, 1.807) is 7.11 Å². The van der Waals surface area contributed by atoms with Gasteiger partial charge >= 0.3 is 0 Å². The maximum absolute atomic E-state index is 5.28. The van der Waals surface area contributed by atoms with E-state index in [0.717, 1.165) is 0 Å². The van der Waals surface area contributed by atoms with E-state index in [0.29, 0.717) is 6.23 Å². The van der Waals surface area contributed by atoms with E-state index in [-0.39, 0.29) is 0 Å². The van der Waals surface area contributed by atoms with Crippen molar-refractivity contribution in [1.82, 2.24) is 0 Å². The lowest BCUT2D eigenvalue weighted by atomic mass is 10.2. The Morgan fingerprint density at radius 1 is 1.40 bits per heavy atom. The van der Waals surface area contributed by atoms with E-state index in [2.05, 4.69) is 21.0 Å². The molecule has 62 valence electrons. The molecule has 0 aromatic rings. The summed E-state index contributed by atoms with van der Waals surface area (Å²) in [4.78, 5) is 1.39. The smallest absolute Gasteiger partial charge is 0.190 e. The third-order valence-corrected chi connectivity index (χ3v) is 1.75. The first-order chi connectivity index (χ1) is 4.72. The van der Waals surface area contributed by atoms with Gasteiger partial charge in [0.25, 0.3) is 0 Å². The number of nitrogens with one attached hydrogen (secondary N) is 1. The Balaban J connectivity index is 3.40. The highest BCUT2D eigenvalue weighted by atomic mass is 16.5. The second kappa shape index (κ2) is 5.69. The predicted molar refractivity (Wildman–Crippen MR) is 43.1 cm³/mol. The molecule has 0 bridgehead atoms. The molecule has 0 saturated carbocycles. The van der Waals surface area contributed by atoms with Crippen molar-refractivity contribution in [1.29, 1.82) is 0 Å². The van der Waals surface area contributed by atoms with E-state index in [4.69, 9.17) is 4.74 Å². The van der Waals surface area contributed by atoms with Gasteiger partial charge < -0.3 is 9.64 Å². The minimum atomic E-state index is 0.389. The molecule has 0 aromatic heterocycles. The first kappa shape index (κ1) is 9.92. The zero-order valence-corrected chi connectivity index (χ0v) is 7.61. The van der Waals surface area contributed by atoms with Crippen molar-refractivity contribution >= 4 is 0 Å². The minimum absolute atomic E-state index is 0.389. The molecule has 0 aliphatic carbocycles. The van der Waals surface area contributed by atoms with E-state index in [1.165, 1.54) is 24.2 Å². The maximum Gasteiger partial charge on any atom is 0.190 e. The van der Waals surface area contributed by atoms with Gasteiger partial charge in [-0.2, -0.15) is 0 Å². The molecule has 0 saturated heterocycles. The van der Waals surface area contributed by atoms with Gasteiger partial charge in [0.15, 0.2) is 6.23 Å². The van der Waals surface area contributed by atoms with E-state index in [1.807, 2.05) is 0 Å². The van der Waals surface area contributed by atoms with Gasteiger partial charge in [-0.15, -0.1) is 0 Å². The molecular weight excluding hydrogens is 126 g/mol. The van der Waals surface area contributed by atoms with Crippen LogP contribution in [0.5, 0.6) is 0 Å². The lowest BCUT2D eigenvalue weighted by Gasteiger charge is -2.18. The number of quaternary nitrogens is 1. The van der Waals surface area contributed by atoms with Gasteiger partial charge in [0.2, 0.25) is 0 Å². The fraction of sp³-hybridized carbons (Fsp3) is 1.00. The normalized spacial score (nSPS) is 14.1. The van der Waals surface area contributed by atoms with E-state index in [9.17, 15) is 0 Å². The molecule has 0 heterocycles. The zero-order valence-electron chi connectivity index (χ0n) is 7.61. The summed E-state index contributed by atoms with van der Waals surface area (Å²) >= 11 is 0. The molecule has 0 aliphatic rings. The van der Waals surface area contributed by atoms with Crippen LogP contribution < -0.4 is 4.90 Å². The van der Waals surface area contributed by atoms with Crippen LogP contribution in [0, 0.1) is 0 Å². The van der Waals surface area contributed by atoms with Gasteiger partial charge in [-0.05, 0) is 6.42 Å². The first-order valence-electron chi connectivity index (χ1n) is 4.05. The SMILES string of the molecule is CCCCC(OC)[NH+](C)C. The lowest BCUT2D eigenvalue weighted by Crippen LogP contribution is -3.10. The Bertz CT molecular complexity index is 73.7. The average molecular weight is 146 g/mol. The van der Waals surface area contributed by atoms with E-state index < -0.39 is 0 Å². The Morgan fingerprint density at radius 2 is 2.00 bits per heavy atom. The summed E-state index contributed by atoms with van der Waals surface area (Å²) in [6, 6.07) is 0. The summed E-state index contributed by atoms with van der Waals surface area (Å²) in [7, 11) is 6.04. The summed E-state index contributed by atoms with van der Waals surface area (Å²) < 4.78 is 5.28. The number of ether oxygens (including phenoxy) is 1. The van der Waals surface area contributed by atoms with Gasteiger partial charge in [0.1, 0.15) is 0 Å². The van der Waals surface area contributed by atoms with Crippen LogP contribution in [0.2, 0.25) is 0 Å². The van der Waals surface area contributed by atoms with Crippen molar-refractivity contribution in [2.45, 2.75) is 32.4 Å². The van der Waals surface area contributed by atoms with Crippen LogP contribution in [0.15, 0.2) is 0 Å². The Morgan fingerprint density at radius 3 is 2.30 bits per heavy atom. The van der Waals surface area contributed by atoms with Crippen molar-refractivity contribution in [3.63, 3.8) is 0 Å². The first-order valence-corrected chi connectivity index (χ1v) is 4.05. The molecule has 0 spiro atoms. The Labute approximate surface area is 64.2 Å². The molecule has 1 unspecified atom stereocenters. The third-order valence-electron chi connectivity index (χ3n) is 1.75. The standard InChI is InChI=1S/C8H19NO/c1-5-6-7-8(10-4)9(2)3/h8H,5-7H2,1-4H3/p+1. The lowest BCUT2D eigenvalue weighted by molar-refractivity contribution is -0.910. The van der Waals surface area contributed by atoms with Crippen molar-refractivity contribution in [2.75, 3.05) is 21.2 Å². The van der Waals surface area contributed by atoms with Crippen molar-refractivity contribution in [3.8, 4) is 0 Å². The third kappa shape index (κ3) is 3.85. The summed E-state index contributed by atoms with van der Waals surface area (Å²) in [5, 5.41) is 0. The molecule has 1 atom stereocenters. The van der Waals surface area contributed by atoms with Crippen LogP contribution in [0.1, 0.15) is 26.2 Å². The number of hydrogen-bond donors (Lipinski definition) is 1. The van der Waals surface area contributed by atoms with Crippen molar-refractivity contribution in [2.24, 2.45) is 0 Å². The van der Waals surface area contributed by atoms with Crippen molar-refractivity contribution in [3.05, 3.63) is 0 Å². The molecule has 0 rings (SSSR count). The van der Waals surface area contributed by atoms with Crippen LogP contribution in [-0.4, -0.2) is 27.4 Å². The zero-order chi connectivity index (χ0) is 7.98. The highest BCUT2D eigenvalue weighted by Crippen LogP contribution is 1.96. The predicted octanol–water partition coefficient (Wildman–Crippen LogP) is 0.294. The molecule has 1 N–H and O–H groups in total. The number of rotatable bonds is 5. The van der Waals surface area contributed by atoms with Gasteiger partial charge in [0.05, 0.1) is 14.1 Å². The highest BCUT2D eigenvalue weighted by Gasteiger charge is 2.11. The average Bonchev–Trinajstić information content (AvgIpc) is 1.89. The minimum Gasteiger partial charge on any atom is -0.333 e. The van der Waals surface area contributed by atoms with Crippen LogP contribution in [0.25, 0.3) is 0 Å². The molecule has 0 radical (unpaired) electrons. The fourth-order valence-corrected chi connectivity index (χ4v) is 1.03. The molecule has 0 aliphatic heterocycles. The number of unbranched alkanes of at least 4 members (excludes halogenated alkanes) is 1. The van der Waals surface area contributed by atoms with Crippen LogP contribution >= 0.6 is 0 Å². The molecule has 0 aromatic carbocycles. The second-order valence-corrected chi connectivity index (χ2v) is 2.94. The van der Waals surface area contributed by atoms with Gasteiger partial charge in [-0.1, -0.05) is 13.3 Å². The topological polar surface area (TPSA) is 13.7 Å². The summed E-state index contributed by atoms with van der Waals surface area (Å²) in [5.41, 5.74) is 0. The van der Waals surface area contributed by atoms with Crippen LogP contribution in [0.4, 0.5) is 0 Å². The molecular formula is C8H20NO+. The second-order valence-electron chi connectivity index (χ2n) is 2.94. The highest BCUT2D eigenvalue weighted by molar-refractivity contribution is 4.40. The molecule has 2 nitrogen and oxygen atoms in total. The largest absolute Gasteiger partial charge is 0.333 e. The summed E-state index contributed by atoms with van der Waals surface area (Å²) in [6.07, 6.45) is 4.09. The van der Waals surface area contributed by atoms with Gasteiger partial charge in [-0.3, -0.25) is 0 Å². The monoisotopic (exact) mass is 146 g/mol. The van der Waals surface area contributed by atoms with Gasteiger partial charge in [0, 0.05) is 13.5 Å². The van der Waals surface area contributed by atoms with Crippen LogP contribution in [0.3, 0.4) is 0 Å². The fourth-order valence-electron chi connectivity index (χ4n) is 1.03. The Kier molecular flexibility index (Phi) is 5.64. The molecule has 0 amide bonds. The summed E-state index contributed by atoms with van der Waals surface area (Å²) in [5.74, 6) is 0. The van der Waals surface area contributed by atoms with Gasteiger partial charge in [-0.25, -0.2) is 0 Å². The van der Waals surface area contributed by atoms with E-state index >= 15 is 0 Å². The number of hydrogen-bond acceptors (Lipinski definition) is 1. The Hall–Kier alpha value is -0.0800. The molecule has 2 heteroatoms. The van der Waals surface area contributed by atoms with Crippen LogP contribution in [-0.2, 0) is 4.74 Å². The van der Waals surface area contributed by atoms with Crippen molar-refractivity contribution < 1.29 is 9.64 Å². The molecule has 0 fully saturated rings. The quantitative estimate of drug-likeness (QED) is 0.551. The molecule has 10 heavy (non-hydrogen) atoms.